The topological polar surface area (TPSA) is 30.0 Å². The molecule has 0 N–H and O–H groups in total. The summed E-state index contributed by atoms with van der Waals surface area (Å²) in [6.45, 7) is 1.90. The zero-order valence-corrected chi connectivity index (χ0v) is 10.4. The number of hydrogen-bond acceptors (Lipinski definition) is 3. The van der Waals surface area contributed by atoms with Gasteiger partial charge in [0.2, 0.25) is 0 Å². The molecule has 0 fully saturated rings. The second-order valence-corrected chi connectivity index (χ2v) is 4.75. The number of carbonyl (C=O) groups excluding carboxylic acids is 1. The Morgan fingerprint density at radius 2 is 2.20 bits per heavy atom. The third-order valence-electron chi connectivity index (χ3n) is 2.03. The molecule has 0 aliphatic rings. The number of ketones is 1. The Morgan fingerprint density at radius 3 is 2.73 bits per heavy atom. The predicted octanol–water partition coefficient (Wildman–Crippen LogP) is 3.45. The standard InChI is InChI=1S/C11H8BrNOS/c1-7-2-3-8(4-13-7)11(14)9-5-15-6-10(9)12/h2-6H,1H3. The molecule has 0 bridgehead atoms. The Hall–Kier alpha value is -1.00. The first-order valence-corrected chi connectivity index (χ1v) is 6.11. The van der Waals surface area contributed by atoms with Gasteiger partial charge in [-0.05, 0) is 35.0 Å². The lowest BCUT2D eigenvalue weighted by Gasteiger charge is -1.99. The summed E-state index contributed by atoms with van der Waals surface area (Å²) < 4.78 is 0.845. The highest BCUT2D eigenvalue weighted by atomic mass is 79.9. The number of rotatable bonds is 2. The van der Waals surface area contributed by atoms with Crippen LogP contribution in [0.3, 0.4) is 0 Å². The van der Waals surface area contributed by atoms with Crippen molar-refractivity contribution in [1.29, 1.82) is 0 Å². The summed E-state index contributed by atoms with van der Waals surface area (Å²) in [6, 6.07) is 3.64. The first-order valence-electron chi connectivity index (χ1n) is 4.37. The average Bonchev–Trinajstić information content (AvgIpc) is 2.65. The van der Waals surface area contributed by atoms with Crippen LogP contribution in [0, 0.1) is 6.92 Å². The summed E-state index contributed by atoms with van der Waals surface area (Å²) in [5.41, 5.74) is 2.24. The van der Waals surface area contributed by atoms with Crippen molar-refractivity contribution in [2.75, 3.05) is 0 Å². The van der Waals surface area contributed by atoms with Crippen molar-refractivity contribution in [1.82, 2.24) is 4.98 Å². The Balaban J connectivity index is 2.37. The Bertz CT molecular complexity index is 490. The zero-order chi connectivity index (χ0) is 10.8. The van der Waals surface area contributed by atoms with Crippen LogP contribution in [0.25, 0.3) is 0 Å². The Labute approximate surface area is 100 Å². The smallest absolute Gasteiger partial charge is 0.196 e. The fourth-order valence-corrected chi connectivity index (χ4v) is 2.66. The van der Waals surface area contributed by atoms with Crippen LogP contribution in [0.2, 0.25) is 0 Å². The molecule has 0 aliphatic carbocycles. The highest BCUT2D eigenvalue weighted by molar-refractivity contribution is 9.10. The van der Waals surface area contributed by atoms with E-state index in [0.29, 0.717) is 11.1 Å². The van der Waals surface area contributed by atoms with E-state index in [-0.39, 0.29) is 5.78 Å². The molecule has 0 atom stereocenters. The zero-order valence-electron chi connectivity index (χ0n) is 8.03. The van der Waals surface area contributed by atoms with Crippen LogP contribution in [-0.2, 0) is 0 Å². The number of aryl methyl sites for hydroxylation is 1. The number of thiophene rings is 1. The molecule has 0 saturated carbocycles. The van der Waals surface area contributed by atoms with Gasteiger partial charge in [-0.2, -0.15) is 11.3 Å². The van der Waals surface area contributed by atoms with E-state index in [4.69, 9.17) is 0 Å². The minimum atomic E-state index is 0.00984. The quantitative estimate of drug-likeness (QED) is 0.790. The lowest BCUT2D eigenvalue weighted by molar-refractivity contribution is 0.103. The van der Waals surface area contributed by atoms with Crippen molar-refractivity contribution in [3.8, 4) is 0 Å². The van der Waals surface area contributed by atoms with E-state index in [2.05, 4.69) is 20.9 Å². The van der Waals surface area contributed by atoms with E-state index in [0.717, 1.165) is 10.2 Å². The van der Waals surface area contributed by atoms with E-state index in [1.54, 1.807) is 12.3 Å². The largest absolute Gasteiger partial charge is 0.288 e. The number of pyridine rings is 1. The minimum absolute atomic E-state index is 0.00984. The SMILES string of the molecule is Cc1ccc(C(=O)c2cscc2Br)cn1. The first-order chi connectivity index (χ1) is 7.18. The number of nitrogens with zero attached hydrogens (tertiary/aromatic N) is 1. The van der Waals surface area contributed by atoms with Crippen molar-refractivity contribution < 1.29 is 4.79 Å². The lowest BCUT2D eigenvalue weighted by atomic mass is 10.1. The van der Waals surface area contributed by atoms with Crippen LogP contribution in [0.4, 0.5) is 0 Å². The maximum Gasteiger partial charge on any atom is 0.196 e. The van der Waals surface area contributed by atoms with Crippen LogP contribution in [0.1, 0.15) is 21.6 Å². The third kappa shape index (κ3) is 2.16. The molecule has 2 aromatic rings. The lowest BCUT2D eigenvalue weighted by Crippen LogP contribution is -2.01. The molecule has 4 heteroatoms. The summed E-state index contributed by atoms with van der Waals surface area (Å²) in [6.07, 6.45) is 1.61. The van der Waals surface area contributed by atoms with Crippen LogP contribution < -0.4 is 0 Å². The van der Waals surface area contributed by atoms with Crippen molar-refractivity contribution in [2.45, 2.75) is 6.92 Å². The van der Waals surface area contributed by atoms with Gasteiger partial charge in [0, 0.05) is 38.3 Å². The van der Waals surface area contributed by atoms with E-state index in [1.165, 1.54) is 11.3 Å². The van der Waals surface area contributed by atoms with Gasteiger partial charge in [0.15, 0.2) is 5.78 Å². The number of aromatic nitrogens is 1. The van der Waals surface area contributed by atoms with Gasteiger partial charge in [0.25, 0.3) is 0 Å². The molecule has 76 valence electrons. The maximum atomic E-state index is 12.0. The van der Waals surface area contributed by atoms with Gasteiger partial charge >= 0.3 is 0 Å². The summed E-state index contributed by atoms with van der Waals surface area (Å²) in [4.78, 5) is 16.1. The average molecular weight is 282 g/mol. The van der Waals surface area contributed by atoms with E-state index >= 15 is 0 Å². The molecule has 2 heterocycles. The minimum Gasteiger partial charge on any atom is -0.288 e. The van der Waals surface area contributed by atoms with Gasteiger partial charge < -0.3 is 0 Å². The van der Waals surface area contributed by atoms with Gasteiger partial charge in [0.1, 0.15) is 0 Å². The van der Waals surface area contributed by atoms with Crippen molar-refractivity contribution >= 4 is 33.0 Å². The Morgan fingerprint density at radius 1 is 1.40 bits per heavy atom. The van der Waals surface area contributed by atoms with Gasteiger partial charge in [-0.1, -0.05) is 0 Å². The van der Waals surface area contributed by atoms with Crippen molar-refractivity contribution in [3.63, 3.8) is 0 Å². The number of hydrogen-bond donors (Lipinski definition) is 0. The predicted molar refractivity (Wildman–Crippen MR) is 64.4 cm³/mol. The second kappa shape index (κ2) is 4.24. The molecule has 0 aliphatic heterocycles. The van der Waals surface area contributed by atoms with Crippen LogP contribution in [0.5, 0.6) is 0 Å². The summed E-state index contributed by atoms with van der Waals surface area (Å²) in [5.74, 6) is 0.00984. The fraction of sp³-hybridized carbons (Fsp3) is 0.0909. The normalized spacial score (nSPS) is 10.3. The van der Waals surface area contributed by atoms with Crippen molar-refractivity contribution in [3.05, 3.63) is 50.4 Å². The fourth-order valence-electron chi connectivity index (χ4n) is 1.20. The summed E-state index contributed by atoms with van der Waals surface area (Å²) in [5, 5.41) is 3.74. The monoisotopic (exact) mass is 281 g/mol. The molecule has 2 nitrogen and oxygen atoms in total. The Kier molecular flexibility index (Phi) is 2.98. The number of carbonyl (C=O) groups is 1. The van der Waals surface area contributed by atoms with Crippen molar-refractivity contribution in [2.24, 2.45) is 0 Å². The molecule has 2 aromatic heterocycles. The second-order valence-electron chi connectivity index (χ2n) is 3.15. The maximum absolute atomic E-state index is 12.0. The van der Waals surface area contributed by atoms with E-state index < -0.39 is 0 Å². The van der Waals surface area contributed by atoms with Crippen LogP contribution >= 0.6 is 27.3 Å². The summed E-state index contributed by atoms with van der Waals surface area (Å²) >= 11 is 4.85. The molecular weight excluding hydrogens is 274 g/mol. The molecule has 0 aromatic carbocycles. The molecular formula is C11H8BrNOS. The van der Waals surface area contributed by atoms with Crippen LogP contribution in [-0.4, -0.2) is 10.8 Å². The number of halogens is 1. The summed E-state index contributed by atoms with van der Waals surface area (Å²) in [7, 11) is 0. The first kappa shape index (κ1) is 10.5. The van der Waals surface area contributed by atoms with E-state index in [9.17, 15) is 4.79 Å². The molecule has 0 unspecified atom stereocenters. The highest BCUT2D eigenvalue weighted by Gasteiger charge is 2.13. The van der Waals surface area contributed by atoms with Gasteiger partial charge in [-0.3, -0.25) is 9.78 Å². The van der Waals surface area contributed by atoms with Gasteiger partial charge in [-0.15, -0.1) is 0 Å². The van der Waals surface area contributed by atoms with E-state index in [1.807, 2.05) is 23.8 Å². The van der Waals surface area contributed by atoms with Crippen LogP contribution in [0.15, 0.2) is 33.6 Å². The molecule has 0 saturated heterocycles. The molecule has 2 rings (SSSR count). The third-order valence-corrected chi connectivity index (χ3v) is 3.74. The molecule has 0 spiro atoms. The molecule has 15 heavy (non-hydrogen) atoms. The molecule has 0 amide bonds. The van der Waals surface area contributed by atoms with Gasteiger partial charge in [-0.25, -0.2) is 0 Å². The van der Waals surface area contributed by atoms with Gasteiger partial charge in [0.05, 0.1) is 0 Å². The highest BCUT2D eigenvalue weighted by Crippen LogP contribution is 2.23. The molecule has 0 radical (unpaired) electrons.